The van der Waals surface area contributed by atoms with Crippen LogP contribution >= 0.6 is 8.46 Å². The molecule has 0 aliphatic rings. The average Bonchev–Trinajstić information content (AvgIpc) is 2.89. The molecule has 0 spiro atoms. The Morgan fingerprint density at radius 3 is 1.16 bits per heavy atom. The van der Waals surface area contributed by atoms with Gasteiger partial charge in [0.15, 0.2) is 0 Å². The Labute approximate surface area is 237 Å². The molecule has 0 radical (unpaired) electrons. The maximum atomic E-state index is 11.7. The molecule has 0 aromatic carbocycles. The lowest BCUT2D eigenvalue weighted by Gasteiger charge is -2.33. The molecule has 2 heteroatoms. The third-order valence-electron chi connectivity index (χ3n) is 8.89. The van der Waals surface area contributed by atoms with E-state index in [1.54, 1.807) is 0 Å². The highest BCUT2D eigenvalue weighted by Gasteiger charge is 2.28. The van der Waals surface area contributed by atoms with Crippen LogP contribution in [0.2, 0.25) is 0 Å². The topological polar surface area (TPSA) is 17.1 Å². The molecule has 1 nitrogen and oxygen atoms in total. The van der Waals surface area contributed by atoms with Crippen molar-refractivity contribution >= 4 is 8.46 Å². The van der Waals surface area contributed by atoms with Crippen molar-refractivity contribution in [2.45, 2.75) is 207 Å². The van der Waals surface area contributed by atoms with Gasteiger partial charge in [-0.05, 0) is 31.1 Å². The van der Waals surface area contributed by atoms with Crippen LogP contribution in [0.3, 0.4) is 0 Å². The Morgan fingerprint density at radius 1 is 0.486 bits per heavy atom. The van der Waals surface area contributed by atoms with Crippen molar-refractivity contribution in [3.63, 3.8) is 0 Å². The lowest BCUT2D eigenvalue weighted by Crippen LogP contribution is -2.22. The summed E-state index contributed by atoms with van der Waals surface area (Å²) in [4.78, 5) is 0. The van der Waals surface area contributed by atoms with Crippen molar-refractivity contribution < 1.29 is 4.57 Å². The summed E-state index contributed by atoms with van der Waals surface area (Å²) in [5, 5.41) is 0. The first-order valence-electron chi connectivity index (χ1n) is 17.5. The molecular weight excluding hydrogens is 467 g/mol. The second kappa shape index (κ2) is 29.1. The van der Waals surface area contributed by atoms with Gasteiger partial charge < -0.3 is 0 Å². The highest BCUT2D eigenvalue weighted by Crippen LogP contribution is 2.40. The number of unbranched alkanes of at least 4 members (excludes halogenated alkanes) is 21. The van der Waals surface area contributed by atoms with Crippen LogP contribution in [-0.4, -0.2) is 6.16 Å². The Kier molecular flexibility index (Phi) is 29.2. The third-order valence-corrected chi connectivity index (χ3v) is 9.63. The van der Waals surface area contributed by atoms with Gasteiger partial charge in [-0.2, -0.15) is 0 Å². The molecule has 2 atom stereocenters. The van der Waals surface area contributed by atoms with Gasteiger partial charge in [0.1, 0.15) is 6.16 Å². The minimum atomic E-state index is -0.111. The van der Waals surface area contributed by atoms with Crippen molar-refractivity contribution in [3.05, 3.63) is 0 Å². The molecule has 0 amide bonds. The van der Waals surface area contributed by atoms with Gasteiger partial charge >= 0.3 is 8.46 Å². The molecular formula is C35H72OP+. The first-order chi connectivity index (χ1) is 18.1. The second-order valence-electron chi connectivity index (χ2n) is 12.9. The number of hydrogen-bond acceptors (Lipinski definition) is 1. The van der Waals surface area contributed by atoms with Gasteiger partial charge in [0, 0.05) is 5.92 Å². The predicted molar refractivity (Wildman–Crippen MR) is 172 cm³/mol. The standard InChI is InChI=1S/C35H71OP/c1-5-8-11-14-17-20-23-26-29-34(33-37-36)32-35(4,30-27-24-21-18-15-12-9-6-2)31-28-25-22-19-16-13-10-7-3/h34H,5-33H2,1-4H3/p+1. The highest BCUT2D eigenvalue weighted by molar-refractivity contribution is 7.23. The van der Waals surface area contributed by atoms with Crippen molar-refractivity contribution in [1.29, 1.82) is 0 Å². The van der Waals surface area contributed by atoms with Crippen molar-refractivity contribution in [3.8, 4) is 0 Å². The van der Waals surface area contributed by atoms with Crippen LogP contribution in [0.5, 0.6) is 0 Å². The van der Waals surface area contributed by atoms with Gasteiger partial charge in [0.05, 0.1) is 0 Å². The van der Waals surface area contributed by atoms with E-state index in [4.69, 9.17) is 0 Å². The molecule has 0 saturated heterocycles. The van der Waals surface area contributed by atoms with Crippen LogP contribution < -0.4 is 0 Å². The maximum absolute atomic E-state index is 11.7. The van der Waals surface area contributed by atoms with Crippen LogP contribution in [0.4, 0.5) is 0 Å². The molecule has 0 N–H and O–H groups in total. The highest BCUT2D eigenvalue weighted by atomic mass is 31.1. The first-order valence-corrected chi connectivity index (χ1v) is 18.6. The zero-order valence-corrected chi connectivity index (χ0v) is 27.5. The fourth-order valence-corrected chi connectivity index (χ4v) is 6.94. The van der Waals surface area contributed by atoms with E-state index in [0.29, 0.717) is 11.3 Å². The minimum Gasteiger partial charge on any atom is -0.0775 e. The Morgan fingerprint density at radius 2 is 0.811 bits per heavy atom. The Hall–Kier alpha value is 0.100. The van der Waals surface area contributed by atoms with Gasteiger partial charge in [0.2, 0.25) is 0 Å². The molecule has 2 unspecified atom stereocenters. The molecule has 0 heterocycles. The lowest BCUT2D eigenvalue weighted by atomic mass is 9.73. The molecule has 0 rings (SSSR count). The van der Waals surface area contributed by atoms with Crippen molar-refractivity contribution in [1.82, 2.24) is 0 Å². The second-order valence-corrected chi connectivity index (χ2v) is 13.6. The molecule has 0 bridgehead atoms. The SMILES string of the molecule is CCCCCCCCCCC(C[PH+]=O)CC(C)(CCCCCCCCCC)CCCCCCCCCC. The third kappa shape index (κ3) is 26.1. The Bertz CT molecular complexity index is 429. The van der Waals surface area contributed by atoms with Gasteiger partial charge in [-0.15, -0.1) is 0 Å². The van der Waals surface area contributed by atoms with Gasteiger partial charge in [-0.25, -0.2) is 0 Å². The molecule has 0 fully saturated rings. The zero-order chi connectivity index (χ0) is 27.3. The summed E-state index contributed by atoms with van der Waals surface area (Å²) < 4.78 is 11.7. The predicted octanol–water partition coefficient (Wildman–Crippen LogP) is 13.6. The quantitative estimate of drug-likeness (QED) is 0.0632. The van der Waals surface area contributed by atoms with E-state index < -0.39 is 0 Å². The fraction of sp³-hybridized carbons (Fsp3) is 1.00. The van der Waals surface area contributed by atoms with E-state index in [9.17, 15) is 4.57 Å². The molecule has 222 valence electrons. The summed E-state index contributed by atoms with van der Waals surface area (Å²) in [7, 11) is -0.111. The van der Waals surface area contributed by atoms with Crippen LogP contribution in [0.15, 0.2) is 0 Å². The number of hydrogen-bond donors (Lipinski definition) is 0. The molecule has 0 saturated carbocycles. The van der Waals surface area contributed by atoms with E-state index in [1.165, 1.54) is 180 Å². The minimum absolute atomic E-state index is 0.111. The molecule has 0 aliphatic carbocycles. The summed E-state index contributed by atoms with van der Waals surface area (Å²) >= 11 is 0. The summed E-state index contributed by atoms with van der Waals surface area (Å²) in [6.07, 6.45) is 40.2. The van der Waals surface area contributed by atoms with Gasteiger partial charge in [0.25, 0.3) is 0 Å². The average molecular weight is 540 g/mol. The van der Waals surface area contributed by atoms with Crippen LogP contribution in [0, 0.1) is 11.3 Å². The zero-order valence-electron chi connectivity index (χ0n) is 26.5. The van der Waals surface area contributed by atoms with Crippen LogP contribution in [-0.2, 0) is 4.57 Å². The maximum Gasteiger partial charge on any atom is 0.325 e. The smallest absolute Gasteiger partial charge is 0.0775 e. The Balaban J connectivity index is 4.51. The van der Waals surface area contributed by atoms with Crippen LogP contribution in [0.25, 0.3) is 0 Å². The number of rotatable bonds is 31. The molecule has 0 aliphatic heterocycles. The summed E-state index contributed by atoms with van der Waals surface area (Å²) in [6, 6.07) is 0. The molecule has 0 aromatic rings. The van der Waals surface area contributed by atoms with E-state index in [2.05, 4.69) is 27.7 Å². The van der Waals surface area contributed by atoms with Crippen molar-refractivity contribution in [2.24, 2.45) is 11.3 Å². The fourth-order valence-electron chi connectivity index (χ4n) is 6.36. The molecule has 37 heavy (non-hydrogen) atoms. The monoisotopic (exact) mass is 540 g/mol. The van der Waals surface area contributed by atoms with E-state index in [-0.39, 0.29) is 8.46 Å². The van der Waals surface area contributed by atoms with Gasteiger partial charge in [-0.1, -0.05) is 186 Å². The molecule has 0 aromatic heterocycles. The van der Waals surface area contributed by atoms with Crippen molar-refractivity contribution in [2.75, 3.05) is 6.16 Å². The summed E-state index contributed by atoms with van der Waals surface area (Å²) in [5.41, 5.74) is 0.467. The van der Waals surface area contributed by atoms with E-state index >= 15 is 0 Å². The van der Waals surface area contributed by atoms with Crippen LogP contribution in [0.1, 0.15) is 207 Å². The lowest BCUT2D eigenvalue weighted by molar-refractivity contribution is 0.191. The summed E-state index contributed by atoms with van der Waals surface area (Å²) in [5.74, 6) is 0.684. The largest absolute Gasteiger partial charge is 0.325 e. The first kappa shape index (κ1) is 37.1. The van der Waals surface area contributed by atoms with Gasteiger partial charge in [-0.3, -0.25) is 0 Å². The van der Waals surface area contributed by atoms with E-state index in [0.717, 1.165) is 6.16 Å². The normalized spacial score (nSPS) is 13.0. The van der Waals surface area contributed by atoms with E-state index in [1.807, 2.05) is 0 Å². The summed E-state index contributed by atoms with van der Waals surface area (Å²) in [6.45, 7) is 9.52.